The number of rotatable bonds is 6. The van der Waals surface area contributed by atoms with Gasteiger partial charge in [-0.1, -0.05) is 31.9 Å². The first-order chi connectivity index (χ1) is 5.85. The lowest BCUT2D eigenvalue weighted by atomic mass is 10.1. The molecule has 0 aliphatic carbocycles. The molecule has 0 bridgehead atoms. The molecule has 0 rings (SSSR count). The Bertz CT molecular complexity index is 166. The van der Waals surface area contributed by atoms with Gasteiger partial charge in [0.2, 0.25) is 0 Å². The molecule has 1 N–H and O–H groups in total. The van der Waals surface area contributed by atoms with Gasteiger partial charge in [0.05, 0.1) is 0 Å². The van der Waals surface area contributed by atoms with Crippen LogP contribution in [0.3, 0.4) is 0 Å². The fourth-order valence-corrected chi connectivity index (χ4v) is 1.12. The van der Waals surface area contributed by atoms with Crippen LogP contribution in [0.5, 0.6) is 0 Å². The van der Waals surface area contributed by atoms with Gasteiger partial charge in [-0.3, -0.25) is 0 Å². The number of nitrogens with one attached hydrogen (secondary N) is 1. The molecule has 12 heavy (non-hydrogen) atoms. The van der Waals surface area contributed by atoms with Gasteiger partial charge in [-0.05, 0) is 31.4 Å². The lowest BCUT2D eigenvalue weighted by Crippen LogP contribution is -1.81. The molecule has 0 fully saturated rings. The van der Waals surface area contributed by atoms with Gasteiger partial charge in [0.15, 0.2) is 0 Å². The van der Waals surface area contributed by atoms with Gasteiger partial charge >= 0.3 is 0 Å². The molecule has 0 aliphatic rings. The van der Waals surface area contributed by atoms with E-state index in [1.807, 2.05) is 19.1 Å². The van der Waals surface area contributed by atoms with E-state index >= 15 is 0 Å². The highest BCUT2D eigenvalue weighted by atomic mass is 14.3. The van der Waals surface area contributed by atoms with Crippen LogP contribution in [0, 0.1) is 5.41 Å². The van der Waals surface area contributed by atoms with Crippen molar-refractivity contribution >= 4 is 6.21 Å². The molecule has 1 nitrogen and oxygen atoms in total. The van der Waals surface area contributed by atoms with E-state index in [9.17, 15) is 0 Å². The molecular weight excluding hydrogens is 146 g/mol. The Morgan fingerprint density at radius 2 is 2.08 bits per heavy atom. The van der Waals surface area contributed by atoms with Crippen LogP contribution >= 0.6 is 0 Å². The van der Waals surface area contributed by atoms with Gasteiger partial charge < -0.3 is 5.41 Å². The zero-order valence-electron chi connectivity index (χ0n) is 8.14. The average Bonchev–Trinajstić information content (AvgIpc) is 2.06. The molecule has 0 unspecified atom stereocenters. The molecule has 0 saturated heterocycles. The second-order valence-corrected chi connectivity index (χ2v) is 2.87. The molecule has 0 aromatic rings. The molecule has 0 radical (unpaired) electrons. The van der Waals surface area contributed by atoms with E-state index in [0.717, 1.165) is 6.42 Å². The third-order valence-corrected chi connectivity index (χ3v) is 1.75. The van der Waals surface area contributed by atoms with Gasteiger partial charge in [-0.2, -0.15) is 0 Å². The minimum Gasteiger partial charge on any atom is -0.309 e. The monoisotopic (exact) mass is 165 g/mol. The lowest BCUT2D eigenvalue weighted by Gasteiger charge is -1.99. The van der Waals surface area contributed by atoms with Crippen molar-refractivity contribution in [3.05, 3.63) is 23.8 Å². The lowest BCUT2D eigenvalue weighted by molar-refractivity contribution is 0.719. The van der Waals surface area contributed by atoms with Crippen molar-refractivity contribution in [3.8, 4) is 0 Å². The Balaban J connectivity index is 3.79. The van der Waals surface area contributed by atoms with Crippen LogP contribution in [0.1, 0.15) is 39.5 Å². The molecule has 0 spiro atoms. The summed E-state index contributed by atoms with van der Waals surface area (Å²) in [6.45, 7) is 4.22. The van der Waals surface area contributed by atoms with E-state index in [0.29, 0.717) is 0 Å². The predicted molar refractivity (Wildman–Crippen MR) is 55.8 cm³/mol. The third-order valence-electron chi connectivity index (χ3n) is 1.75. The first-order valence-electron chi connectivity index (χ1n) is 4.67. The number of hydrogen-bond donors (Lipinski definition) is 1. The molecule has 0 aromatic heterocycles. The normalized spacial score (nSPS) is 12.3. The van der Waals surface area contributed by atoms with Crippen LogP contribution in [-0.4, -0.2) is 6.21 Å². The zero-order chi connectivity index (χ0) is 9.23. The fraction of sp³-hybridized carbons (Fsp3) is 0.545. The highest BCUT2D eigenvalue weighted by Gasteiger charge is 1.90. The number of unbranched alkanes of at least 4 members (excludes halogenated alkanes) is 2. The summed E-state index contributed by atoms with van der Waals surface area (Å²) in [4.78, 5) is 0. The third kappa shape index (κ3) is 5.90. The summed E-state index contributed by atoms with van der Waals surface area (Å²) in [5, 5.41) is 6.96. The second-order valence-electron chi connectivity index (χ2n) is 2.87. The first-order valence-corrected chi connectivity index (χ1v) is 4.67. The van der Waals surface area contributed by atoms with Crippen molar-refractivity contribution in [1.82, 2.24) is 0 Å². The van der Waals surface area contributed by atoms with Crippen LogP contribution in [0.25, 0.3) is 0 Å². The van der Waals surface area contributed by atoms with E-state index in [1.54, 1.807) is 0 Å². The van der Waals surface area contributed by atoms with E-state index in [-0.39, 0.29) is 0 Å². The van der Waals surface area contributed by atoms with Crippen molar-refractivity contribution in [2.45, 2.75) is 39.5 Å². The van der Waals surface area contributed by atoms with E-state index in [4.69, 9.17) is 5.41 Å². The standard InChI is InChI=1S/C11H19N/c1-3-5-6-8-11(7-4-2)9-10-12/h4,7,9-10,12H,3,5-6,8H2,1-2H3/b7-4-,11-9+,12-10?. The summed E-state index contributed by atoms with van der Waals surface area (Å²) in [7, 11) is 0. The Hall–Kier alpha value is -0.850. The minimum atomic E-state index is 1.10. The molecule has 1 heteroatoms. The van der Waals surface area contributed by atoms with Gasteiger partial charge in [0.1, 0.15) is 0 Å². The van der Waals surface area contributed by atoms with Gasteiger partial charge in [0, 0.05) is 6.21 Å². The fourth-order valence-electron chi connectivity index (χ4n) is 1.12. The quantitative estimate of drug-likeness (QED) is 0.352. The maximum absolute atomic E-state index is 6.96. The smallest absolute Gasteiger partial charge is 0.0180 e. The van der Waals surface area contributed by atoms with Crippen molar-refractivity contribution in [1.29, 1.82) is 5.41 Å². The summed E-state index contributed by atoms with van der Waals surface area (Å²) in [6.07, 6.45) is 12.2. The number of allylic oxidation sites excluding steroid dienone is 4. The summed E-state index contributed by atoms with van der Waals surface area (Å²) in [5.74, 6) is 0. The maximum atomic E-state index is 6.96. The molecule has 0 saturated carbocycles. The van der Waals surface area contributed by atoms with E-state index < -0.39 is 0 Å². The van der Waals surface area contributed by atoms with Crippen molar-refractivity contribution in [2.24, 2.45) is 0 Å². The molecule has 0 aromatic carbocycles. The highest BCUT2D eigenvalue weighted by Crippen LogP contribution is 2.09. The highest BCUT2D eigenvalue weighted by molar-refractivity contribution is 5.69. The van der Waals surface area contributed by atoms with Gasteiger partial charge in [-0.25, -0.2) is 0 Å². The van der Waals surface area contributed by atoms with Crippen LogP contribution in [0.15, 0.2) is 23.8 Å². The first kappa shape index (κ1) is 11.2. The van der Waals surface area contributed by atoms with E-state index in [1.165, 1.54) is 31.1 Å². The Kier molecular flexibility index (Phi) is 7.66. The summed E-state index contributed by atoms with van der Waals surface area (Å²) >= 11 is 0. The van der Waals surface area contributed by atoms with Crippen LogP contribution < -0.4 is 0 Å². The average molecular weight is 165 g/mol. The summed E-state index contributed by atoms with van der Waals surface area (Å²) < 4.78 is 0. The van der Waals surface area contributed by atoms with Crippen LogP contribution in [0.2, 0.25) is 0 Å². The zero-order valence-corrected chi connectivity index (χ0v) is 8.14. The Morgan fingerprint density at radius 1 is 1.33 bits per heavy atom. The molecule has 0 atom stereocenters. The summed E-state index contributed by atoms with van der Waals surface area (Å²) in [6, 6.07) is 0. The molecule has 68 valence electrons. The van der Waals surface area contributed by atoms with Crippen LogP contribution in [0.4, 0.5) is 0 Å². The second kappa shape index (κ2) is 8.25. The molecular formula is C11H19N. The van der Waals surface area contributed by atoms with Crippen LogP contribution in [-0.2, 0) is 0 Å². The molecule has 0 aliphatic heterocycles. The largest absolute Gasteiger partial charge is 0.309 e. The van der Waals surface area contributed by atoms with E-state index in [2.05, 4.69) is 13.0 Å². The topological polar surface area (TPSA) is 23.9 Å². The molecule has 0 amide bonds. The SMILES string of the molecule is C/C=C\C(=C/C=N)CCCCC. The number of hydrogen-bond acceptors (Lipinski definition) is 1. The van der Waals surface area contributed by atoms with Gasteiger partial charge in [-0.15, -0.1) is 0 Å². The minimum absolute atomic E-state index is 1.10. The predicted octanol–water partition coefficient (Wildman–Crippen LogP) is 3.72. The molecule has 0 heterocycles. The van der Waals surface area contributed by atoms with Crippen molar-refractivity contribution in [2.75, 3.05) is 0 Å². The summed E-state index contributed by atoms with van der Waals surface area (Å²) in [5.41, 5.74) is 1.26. The Labute approximate surface area is 75.7 Å². The van der Waals surface area contributed by atoms with Gasteiger partial charge in [0.25, 0.3) is 0 Å². The van der Waals surface area contributed by atoms with Crippen molar-refractivity contribution in [3.63, 3.8) is 0 Å². The maximum Gasteiger partial charge on any atom is 0.0180 e. The Morgan fingerprint density at radius 3 is 2.58 bits per heavy atom. The van der Waals surface area contributed by atoms with Crippen molar-refractivity contribution < 1.29 is 0 Å².